The molecule has 274 valence electrons. The molecule has 15 atom stereocenters. The number of hydrogen-bond donors (Lipinski definition) is 2. The van der Waals surface area contributed by atoms with E-state index in [1.807, 2.05) is 30.3 Å². The zero-order chi connectivity index (χ0) is 35.0. The van der Waals surface area contributed by atoms with Crippen LogP contribution < -0.4 is 5.32 Å². The molecule has 10 nitrogen and oxygen atoms in total. The molecule has 3 aliphatic rings. The fraction of sp³-hybridized carbons (Fsp3) is 0.816. The van der Waals surface area contributed by atoms with E-state index < -0.39 is 6.09 Å². The summed E-state index contributed by atoms with van der Waals surface area (Å²) in [5.74, 6) is 2.59. The van der Waals surface area contributed by atoms with Gasteiger partial charge in [0.1, 0.15) is 6.61 Å². The minimum Gasteiger partial charge on any atom is -0.445 e. The number of ether oxygens (including phenoxy) is 7. The molecule has 0 aliphatic carbocycles. The van der Waals surface area contributed by atoms with Gasteiger partial charge >= 0.3 is 6.09 Å². The predicted octanol–water partition coefficient (Wildman–Crippen LogP) is 6.24. The molecule has 0 bridgehead atoms. The number of aliphatic hydroxyl groups is 1. The van der Waals surface area contributed by atoms with Gasteiger partial charge in [-0.15, -0.1) is 0 Å². The Morgan fingerprint density at radius 1 is 0.646 bits per heavy atom. The number of rotatable bonds is 14. The van der Waals surface area contributed by atoms with Crippen molar-refractivity contribution in [3.05, 3.63) is 35.9 Å². The quantitative estimate of drug-likeness (QED) is 0.221. The van der Waals surface area contributed by atoms with Gasteiger partial charge in [-0.05, 0) is 47.5 Å². The summed E-state index contributed by atoms with van der Waals surface area (Å²) in [5.41, 5.74) is 0.949. The molecule has 6 unspecified atom stereocenters. The van der Waals surface area contributed by atoms with E-state index in [1.54, 1.807) is 0 Å². The summed E-state index contributed by atoms with van der Waals surface area (Å²) in [7, 11) is 0. The Labute approximate surface area is 288 Å². The van der Waals surface area contributed by atoms with Gasteiger partial charge in [-0.25, -0.2) is 4.79 Å². The summed E-state index contributed by atoms with van der Waals surface area (Å²) in [4.78, 5) is 12.1. The predicted molar refractivity (Wildman–Crippen MR) is 183 cm³/mol. The van der Waals surface area contributed by atoms with Crippen molar-refractivity contribution in [2.24, 2.45) is 53.3 Å². The number of benzene rings is 1. The van der Waals surface area contributed by atoms with Crippen LogP contribution in [0.5, 0.6) is 0 Å². The van der Waals surface area contributed by atoms with Gasteiger partial charge in [0.05, 0.1) is 44.7 Å². The van der Waals surface area contributed by atoms with Crippen molar-refractivity contribution in [3.8, 4) is 0 Å². The Morgan fingerprint density at radius 2 is 1.10 bits per heavy atom. The molecular weight excluding hydrogens is 614 g/mol. The van der Waals surface area contributed by atoms with E-state index in [1.165, 1.54) is 0 Å². The molecule has 3 fully saturated rings. The van der Waals surface area contributed by atoms with Crippen molar-refractivity contribution in [1.82, 2.24) is 5.32 Å². The van der Waals surface area contributed by atoms with Crippen LogP contribution >= 0.6 is 0 Å². The summed E-state index contributed by atoms with van der Waals surface area (Å²) in [6.45, 7) is 21.8. The van der Waals surface area contributed by atoms with Crippen molar-refractivity contribution in [3.63, 3.8) is 0 Å². The number of carbonyl (C=O) groups excluding carboxylic acids is 1. The molecule has 0 aromatic heterocycles. The first kappa shape index (κ1) is 39.0. The molecule has 1 aromatic carbocycles. The first-order chi connectivity index (χ1) is 22.9. The molecule has 0 radical (unpaired) electrons. The third-order valence-corrected chi connectivity index (χ3v) is 12.1. The van der Waals surface area contributed by atoms with Crippen LogP contribution in [0, 0.1) is 53.3 Å². The Morgan fingerprint density at radius 3 is 1.60 bits per heavy atom. The van der Waals surface area contributed by atoms with E-state index in [2.05, 4.69) is 67.6 Å². The SMILES string of the molecule is CC1[C@H](OCC2O[C@@H](OCC3O[C@@H](OCCCNC(=O)OCc4ccccc4)C(C)[C@@H](C)[C@@H]3C)C(C)[C@@H](C)[C@@H]2C)OC(CO)[C@@H](C)[C@@H]1C. The van der Waals surface area contributed by atoms with Crippen molar-refractivity contribution in [2.45, 2.75) is 113 Å². The van der Waals surface area contributed by atoms with Gasteiger partial charge in [0.25, 0.3) is 0 Å². The molecule has 4 rings (SSSR count). The summed E-state index contributed by atoms with van der Waals surface area (Å²) in [6, 6.07) is 9.61. The third-order valence-electron chi connectivity index (χ3n) is 12.1. The maximum Gasteiger partial charge on any atom is 0.407 e. The summed E-state index contributed by atoms with van der Waals surface area (Å²) in [5, 5.41) is 12.6. The van der Waals surface area contributed by atoms with E-state index in [0.717, 1.165) is 5.56 Å². The third kappa shape index (κ3) is 9.92. The Hall–Kier alpha value is -1.79. The fourth-order valence-corrected chi connectivity index (χ4v) is 7.24. The van der Waals surface area contributed by atoms with Crippen LogP contribution in [-0.2, 0) is 39.8 Å². The van der Waals surface area contributed by atoms with Gasteiger partial charge in [-0.3, -0.25) is 0 Å². The second kappa shape index (κ2) is 18.4. The zero-order valence-electron chi connectivity index (χ0n) is 30.7. The molecule has 2 N–H and O–H groups in total. The van der Waals surface area contributed by atoms with E-state index in [4.69, 9.17) is 33.2 Å². The van der Waals surface area contributed by atoms with E-state index in [-0.39, 0.29) is 85.9 Å². The van der Waals surface area contributed by atoms with E-state index in [0.29, 0.717) is 50.5 Å². The number of carbonyl (C=O) groups is 1. The van der Waals surface area contributed by atoms with Crippen molar-refractivity contribution in [2.75, 3.05) is 33.0 Å². The summed E-state index contributed by atoms with van der Waals surface area (Å²) < 4.78 is 43.6. The highest BCUT2D eigenvalue weighted by molar-refractivity contribution is 5.67. The van der Waals surface area contributed by atoms with Crippen LogP contribution in [0.2, 0.25) is 0 Å². The number of aliphatic hydroxyl groups excluding tert-OH is 1. The summed E-state index contributed by atoms with van der Waals surface area (Å²) >= 11 is 0. The van der Waals surface area contributed by atoms with Gasteiger partial charge in [0.15, 0.2) is 18.9 Å². The van der Waals surface area contributed by atoms with Crippen LogP contribution in [0.1, 0.15) is 74.3 Å². The minimum atomic E-state index is -0.436. The highest BCUT2D eigenvalue weighted by Crippen LogP contribution is 2.40. The lowest BCUT2D eigenvalue weighted by atomic mass is 9.78. The average Bonchev–Trinajstić information content (AvgIpc) is 3.09. The lowest BCUT2D eigenvalue weighted by Crippen LogP contribution is -2.52. The molecule has 48 heavy (non-hydrogen) atoms. The highest BCUT2D eigenvalue weighted by atomic mass is 16.7. The van der Waals surface area contributed by atoms with Crippen LogP contribution in [0.3, 0.4) is 0 Å². The molecule has 10 heteroatoms. The molecule has 1 amide bonds. The molecule has 3 saturated heterocycles. The van der Waals surface area contributed by atoms with Crippen LogP contribution in [0.15, 0.2) is 30.3 Å². The maximum atomic E-state index is 12.1. The lowest BCUT2D eigenvalue weighted by Gasteiger charge is -2.47. The average molecular weight is 678 g/mol. The number of alkyl carbamates (subject to hydrolysis) is 1. The Bertz CT molecular complexity index is 1090. The first-order valence-electron chi connectivity index (χ1n) is 18.3. The largest absolute Gasteiger partial charge is 0.445 e. The van der Waals surface area contributed by atoms with Gasteiger partial charge in [-0.1, -0.05) is 92.6 Å². The summed E-state index contributed by atoms with van der Waals surface area (Å²) in [6.07, 6.45) is -1.39. The fourth-order valence-electron chi connectivity index (χ4n) is 7.24. The van der Waals surface area contributed by atoms with Crippen molar-refractivity contribution >= 4 is 6.09 Å². The molecule has 3 heterocycles. The zero-order valence-corrected chi connectivity index (χ0v) is 30.7. The molecule has 0 saturated carbocycles. The molecule has 1 aromatic rings. The smallest absolute Gasteiger partial charge is 0.407 e. The van der Waals surface area contributed by atoms with Crippen LogP contribution in [0.4, 0.5) is 4.79 Å². The van der Waals surface area contributed by atoms with Crippen molar-refractivity contribution in [1.29, 1.82) is 0 Å². The molecular formula is C38H63NO9. The van der Waals surface area contributed by atoms with Gasteiger partial charge < -0.3 is 43.6 Å². The monoisotopic (exact) mass is 677 g/mol. The standard InChI is InChI=1S/C38H63NO9/c1-22-25(4)32(18-40)46-36(29(22)8)43-21-34-27(6)24(3)30(9)37(48-34)44-20-33-26(5)23(2)28(7)35(47-33)42-17-13-16-39-38(41)45-19-31-14-11-10-12-15-31/h10-12,14-15,22-30,32-37,40H,13,16-21H2,1-9H3,(H,39,41)/t22-,23-,24-,25-,26-,27-,28?,29?,30?,32?,33?,34?,35+,36+,37+/m0/s1. The molecule has 0 spiro atoms. The number of hydrogen-bond acceptors (Lipinski definition) is 9. The Balaban J connectivity index is 1.22. The topological polar surface area (TPSA) is 114 Å². The van der Waals surface area contributed by atoms with Crippen molar-refractivity contribution < 1.29 is 43.1 Å². The van der Waals surface area contributed by atoms with E-state index >= 15 is 0 Å². The number of nitrogens with one attached hydrogen (secondary N) is 1. The minimum absolute atomic E-state index is 0.00689. The maximum absolute atomic E-state index is 12.1. The number of amides is 1. The highest BCUT2D eigenvalue weighted by Gasteiger charge is 2.44. The van der Waals surface area contributed by atoms with E-state index in [9.17, 15) is 9.90 Å². The molecule has 3 aliphatic heterocycles. The van der Waals surface area contributed by atoms with Gasteiger partial charge in [0, 0.05) is 24.3 Å². The second-order valence-electron chi connectivity index (χ2n) is 14.9. The van der Waals surface area contributed by atoms with Crippen LogP contribution in [-0.4, -0.2) is 81.4 Å². The Kier molecular flexibility index (Phi) is 15.0. The van der Waals surface area contributed by atoms with Gasteiger partial charge in [-0.2, -0.15) is 0 Å². The first-order valence-corrected chi connectivity index (χ1v) is 18.3. The van der Waals surface area contributed by atoms with Crippen LogP contribution in [0.25, 0.3) is 0 Å². The lowest BCUT2D eigenvalue weighted by molar-refractivity contribution is -0.305. The second-order valence-corrected chi connectivity index (χ2v) is 14.9. The van der Waals surface area contributed by atoms with Gasteiger partial charge in [0.2, 0.25) is 0 Å². The normalized spacial score (nSPS) is 40.3.